The Hall–Kier alpha value is -1.85. The molecule has 0 aromatic carbocycles. The second kappa shape index (κ2) is 3.49. The van der Waals surface area contributed by atoms with Gasteiger partial charge in [-0.3, -0.25) is 4.68 Å². The third-order valence-corrected chi connectivity index (χ3v) is 1.91. The van der Waals surface area contributed by atoms with Gasteiger partial charge in [0.05, 0.1) is 18.9 Å². The van der Waals surface area contributed by atoms with Gasteiger partial charge >= 0.3 is 0 Å². The molecule has 0 saturated heterocycles. The molecule has 2 N–H and O–H groups in total. The molecule has 2 heterocycles. The lowest BCUT2D eigenvalue weighted by Crippen LogP contribution is -2.05. The SMILES string of the molecule is Cn1cc(CCn2ncc(N)n2)cn1. The molecule has 0 fully saturated rings. The maximum Gasteiger partial charge on any atom is 0.165 e. The van der Waals surface area contributed by atoms with Crippen LogP contribution in [0.25, 0.3) is 0 Å². The molecule has 14 heavy (non-hydrogen) atoms. The van der Waals surface area contributed by atoms with E-state index in [1.807, 2.05) is 19.4 Å². The Balaban J connectivity index is 1.94. The number of aromatic nitrogens is 5. The minimum absolute atomic E-state index is 0.455. The molecule has 2 aromatic rings. The van der Waals surface area contributed by atoms with Crippen molar-refractivity contribution in [3.8, 4) is 0 Å². The van der Waals surface area contributed by atoms with Gasteiger partial charge in [0.25, 0.3) is 0 Å². The van der Waals surface area contributed by atoms with E-state index in [0.29, 0.717) is 5.82 Å². The summed E-state index contributed by atoms with van der Waals surface area (Å²) in [5, 5.41) is 12.1. The fraction of sp³-hybridized carbons (Fsp3) is 0.375. The number of nitrogens with two attached hydrogens (primary N) is 1. The molecule has 6 nitrogen and oxygen atoms in total. The molecule has 0 spiro atoms. The molecule has 0 atom stereocenters. The Morgan fingerprint density at radius 1 is 1.36 bits per heavy atom. The molecule has 74 valence electrons. The smallest absolute Gasteiger partial charge is 0.165 e. The topological polar surface area (TPSA) is 74.5 Å². The first-order valence-corrected chi connectivity index (χ1v) is 4.37. The fourth-order valence-corrected chi connectivity index (χ4v) is 1.25. The van der Waals surface area contributed by atoms with Crippen LogP contribution in [0.4, 0.5) is 5.82 Å². The van der Waals surface area contributed by atoms with Crippen LogP contribution in [0.15, 0.2) is 18.6 Å². The van der Waals surface area contributed by atoms with E-state index in [9.17, 15) is 0 Å². The van der Waals surface area contributed by atoms with Crippen molar-refractivity contribution < 1.29 is 0 Å². The first kappa shape index (κ1) is 8.74. The summed E-state index contributed by atoms with van der Waals surface area (Å²) in [6, 6.07) is 0. The number of aryl methyl sites for hydroxylation is 3. The summed E-state index contributed by atoms with van der Waals surface area (Å²) >= 11 is 0. The molecule has 2 rings (SSSR count). The minimum atomic E-state index is 0.455. The third-order valence-electron chi connectivity index (χ3n) is 1.91. The summed E-state index contributed by atoms with van der Waals surface area (Å²) in [4.78, 5) is 1.59. The third kappa shape index (κ3) is 1.90. The largest absolute Gasteiger partial charge is 0.381 e. The summed E-state index contributed by atoms with van der Waals surface area (Å²) in [6.45, 7) is 0.725. The standard InChI is InChI=1S/C8H12N6/c1-13-6-7(4-10-13)2-3-14-11-5-8(9)12-14/h4-6H,2-3H2,1H3,(H2,9,12). The van der Waals surface area contributed by atoms with Crippen molar-refractivity contribution >= 4 is 5.82 Å². The highest BCUT2D eigenvalue weighted by atomic mass is 15.5. The van der Waals surface area contributed by atoms with Crippen molar-refractivity contribution in [2.75, 3.05) is 5.73 Å². The Morgan fingerprint density at radius 3 is 2.79 bits per heavy atom. The highest BCUT2D eigenvalue weighted by molar-refractivity contribution is 5.19. The summed E-state index contributed by atoms with van der Waals surface area (Å²) in [5.74, 6) is 0.455. The highest BCUT2D eigenvalue weighted by Gasteiger charge is 1.99. The van der Waals surface area contributed by atoms with Crippen LogP contribution in [0.1, 0.15) is 5.56 Å². The van der Waals surface area contributed by atoms with Gasteiger partial charge in [0, 0.05) is 13.2 Å². The fourth-order valence-electron chi connectivity index (χ4n) is 1.25. The van der Waals surface area contributed by atoms with Crippen LogP contribution in [0.2, 0.25) is 0 Å². The van der Waals surface area contributed by atoms with Gasteiger partial charge in [0.1, 0.15) is 0 Å². The van der Waals surface area contributed by atoms with Crippen LogP contribution >= 0.6 is 0 Å². The summed E-state index contributed by atoms with van der Waals surface area (Å²) < 4.78 is 1.78. The highest BCUT2D eigenvalue weighted by Crippen LogP contribution is 1.99. The van der Waals surface area contributed by atoms with Crippen molar-refractivity contribution in [2.45, 2.75) is 13.0 Å². The average molecular weight is 192 g/mol. The maximum atomic E-state index is 5.44. The first-order valence-electron chi connectivity index (χ1n) is 4.37. The van der Waals surface area contributed by atoms with Gasteiger partial charge in [-0.2, -0.15) is 15.0 Å². The summed E-state index contributed by atoms with van der Waals surface area (Å²) in [5.41, 5.74) is 6.61. The lowest BCUT2D eigenvalue weighted by atomic mass is 10.3. The molecule has 6 heteroatoms. The van der Waals surface area contributed by atoms with Crippen molar-refractivity contribution in [1.29, 1.82) is 0 Å². The predicted molar refractivity (Wildman–Crippen MR) is 51.3 cm³/mol. The molecule has 0 aliphatic heterocycles. The van der Waals surface area contributed by atoms with E-state index in [2.05, 4.69) is 15.3 Å². The molecule has 0 aliphatic carbocycles. The van der Waals surface area contributed by atoms with Crippen molar-refractivity contribution in [3.63, 3.8) is 0 Å². The molecule has 0 bridgehead atoms. The van der Waals surface area contributed by atoms with Gasteiger partial charge in [-0.15, -0.1) is 5.10 Å². The van der Waals surface area contributed by atoms with Gasteiger partial charge < -0.3 is 5.73 Å². The van der Waals surface area contributed by atoms with E-state index >= 15 is 0 Å². The Morgan fingerprint density at radius 2 is 2.21 bits per heavy atom. The molecular weight excluding hydrogens is 180 g/mol. The van der Waals surface area contributed by atoms with Crippen LogP contribution in [0, 0.1) is 0 Å². The van der Waals surface area contributed by atoms with Crippen LogP contribution < -0.4 is 5.73 Å². The second-order valence-electron chi connectivity index (χ2n) is 3.14. The van der Waals surface area contributed by atoms with Crippen LogP contribution in [-0.4, -0.2) is 24.8 Å². The number of anilines is 1. The molecular formula is C8H12N6. The summed E-state index contributed by atoms with van der Waals surface area (Å²) in [6.07, 6.45) is 6.23. The normalized spacial score (nSPS) is 10.6. The van der Waals surface area contributed by atoms with Crippen molar-refractivity contribution in [2.24, 2.45) is 7.05 Å². The van der Waals surface area contributed by atoms with E-state index in [-0.39, 0.29) is 0 Å². The van der Waals surface area contributed by atoms with Crippen LogP contribution in [0.3, 0.4) is 0 Å². The van der Waals surface area contributed by atoms with Crippen LogP contribution in [-0.2, 0) is 20.0 Å². The van der Waals surface area contributed by atoms with E-state index in [1.54, 1.807) is 15.7 Å². The monoisotopic (exact) mass is 192 g/mol. The first-order chi connectivity index (χ1) is 6.74. The number of nitrogen functional groups attached to an aromatic ring is 1. The number of rotatable bonds is 3. The van der Waals surface area contributed by atoms with Gasteiger partial charge in [0.2, 0.25) is 0 Å². The average Bonchev–Trinajstić information content (AvgIpc) is 2.72. The Labute approximate surface area is 81.3 Å². The van der Waals surface area contributed by atoms with Crippen LogP contribution in [0.5, 0.6) is 0 Å². The molecule has 0 amide bonds. The lowest BCUT2D eigenvalue weighted by Gasteiger charge is -1.96. The van der Waals surface area contributed by atoms with Gasteiger partial charge in [0.15, 0.2) is 5.82 Å². The van der Waals surface area contributed by atoms with Crippen molar-refractivity contribution in [3.05, 3.63) is 24.2 Å². The van der Waals surface area contributed by atoms with E-state index in [1.165, 1.54) is 5.56 Å². The number of hydrogen-bond donors (Lipinski definition) is 1. The van der Waals surface area contributed by atoms with E-state index < -0.39 is 0 Å². The zero-order valence-electron chi connectivity index (χ0n) is 7.96. The Bertz CT molecular complexity index is 375. The van der Waals surface area contributed by atoms with E-state index in [4.69, 9.17) is 5.73 Å². The second-order valence-corrected chi connectivity index (χ2v) is 3.14. The quantitative estimate of drug-likeness (QED) is 0.733. The molecule has 0 aliphatic rings. The Kier molecular flexibility index (Phi) is 2.18. The van der Waals surface area contributed by atoms with E-state index in [0.717, 1.165) is 13.0 Å². The summed E-state index contributed by atoms with van der Waals surface area (Å²) in [7, 11) is 1.90. The van der Waals surface area contributed by atoms with Gasteiger partial charge in [-0.25, -0.2) is 0 Å². The van der Waals surface area contributed by atoms with Crippen molar-refractivity contribution in [1.82, 2.24) is 24.8 Å². The lowest BCUT2D eigenvalue weighted by molar-refractivity contribution is 0.538. The zero-order valence-corrected chi connectivity index (χ0v) is 7.96. The maximum absolute atomic E-state index is 5.44. The number of hydrogen-bond acceptors (Lipinski definition) is 4. The molecule has 2 aromatic heterocycles. The van der Waals surface area contributed by atoms with Gasteiger partial charge in [-0.05, 0) is 12.0 Å². The minimum Gasteiger partial charge on any atom is -0.381 e. The predicted octanol–water partition coefficient (Wildman–Crippen LogP) is -0.164. The molecule has 0 unspecified atom stereocenters. The number of nitrogens with zero attached hydrogens (tertiary/aromatic N) is 5. The molecule has 0 radical (unpaired) electrons. The van der Waals surface area contributed by atoms with Gasteiger partial charge in [-0.1, -0.05) is 0 Å². The zero-order chi connectivity index (χ0) is 9.97. The molecule has 0 saturated carbocycles.